The number of hydrogen-bond donors (Lipinski definition) is 1. The van der Waals surface area contributed by atoms with Gasteiger partial charge in [-0.2, -0.15) is 0 Å². The van der Waals surface area contributed by atoms with Crippen molar-refractivity contribution < 1.29 is 4.79 Å². The Bertz CT molecular complexity index is 295. The lowest BCUT2D eigenvalue weighted by molar-refractivity contribution is -0.120. The van der Waals surface area contributed by atoms with Crippen LogP contribution in [-0.4, -0.2) is 21.2 Å². The average molecular weight is 223 g/mol. The number of aromatic nitrogens is 3. The Hall–Kier alpha value is -1.19. The summed E-state index contributed by atoms with van der Waals surface area (Å²) in [7, 11) is 0. The summed E-state index contributed by atoms with van der Waals surface area (Å²) in [6.07, 6.45) is 8.27. The molecule has 4 heteroatoms. The first-order chi connectivity index (χ1) is 7.75. The van der Waals surface area contributed by atoms with Gasteiger partial charge >= 0.3 is 0 Å². The fraction of sp³-hybridized carbons (Fsp3) is 0.750. The zero-order chi connectivity index (χ0) is 11.8. The minimum Gasteiger partial charge on any atom is -0.299 e. The van der Waals surface area contributed by atoms with Crippen LogP contribution in [0.2, 0.25) is 0 Å². The van der Waals surface area contributed by atoms with Gasteiger partial charge in [0.15, 0.2) is 0 Å². The Morgan fingerprint density at radius 3 is 2.75 bits per heavy atom. The normalized spacial score (nSPS) is 12.6. The molecular formula is C12H21N3O. The number of hydrogen-bond acceptors (Lipinski definition) is 3. The Morgan fingerprint density at radius 2 is 2.12 bits per heavy atom. The van der Waals surface area contributed by atoms with Crippen LogP contribution in [0.3, 0.4) is 0 Å². The topological polar surface area (TPSA) is 58.6 Å². The number of rotatable bonds is 8. The summed E-state index contributed by atoms with van der Waals surface area (Å²) >= 11 is 0. The van der Waals surface area contributed by atoms with Crippen LogP contribution in [0, 0.1) is 0 Å². The summed E-state index contributed by atoms with van der Waals surface area (Å²) in [5.74, 6) is 0.148. The summed E-state index contributed by atoms with van der Waals surface area (Å²) in [4.78, 5) is 11.8. The van der Waals surface area contributed by atoms with Crippen LogP contribution in [0.1, 0.15) is 64.0 Å². The number of aromatic amines is 1. The maximum absolute atomic E-state index is 11.8. The standard InChI is InChI=1S/C12H21N3O/c1-3-4-5-6-7-8-12(16)10(2)11-9-13-15-14-11/h9-10H,3-8H2,1-2H3,(H,13,14,15). The van der Waals surface area contributed by atoms with E-state index in [1.54, 1.807) is 6.20 Å². The molecule has 0 aliphatic carbocycles. The molecule has 16 heavy (non-hydrogen) atoms. The fourth-order valence-electron chi connectivity index (χ4n) is 1.71. The van der Waals surface area contributed by atoms with E-state index in [2.05, 4.69) is 22.3 Å². The molecule has 1 N–H and O–H groups in total. The van der Waals surface area contributed by atoms with E-state index in [0.717, 1.165) is 18.5 Å². The van der Waals surface area contributed by atoms with E-state index in [-0.39, 0.29) is 11.7 Å². The van der Waals surface area contributed by atoms with Crippen LogP contribution >= 0.6 is 0 Å². The van der Waals surface area contributed by atoms with Crippen LogP contribution in [0.25, 0.3) is 0 Å². The molecule has 0 amide bonds. The second kappa shape index (κ2) is 7.14. The largest absolute Gasteiger partial charge is 0.299 e. The maximum atomic E-state index is 11.8. The second-order valence-corrected chi connectivity index (χ2v) is 4.25. The van der Waals surface area contributed by atoms with E-state index in [9.17, 15) is 4.79 Å². The molecule has 0 bridgehead atoms. The number of H-pyrrole nitrogens is 1. The second-order valence-electron chi connectivity index (χ2n) is 4.25. The first-order valence-electron chi connectivity index (χ1n) is 6.14. The van der Waals surface area contributed by atoms with Crippen molar-refractivity contribution >= 4 is 5.78 Å². The van der Waals surface area contributed by atoms with E-state index in [1.807, 2.05) is 6.92 Å². The predicted molar refractivity (Wildman–Crippen MR) is 63.2 cm³/mol. The summed E-state index contributed by atoms with van der Waals surface area (Å²) in [6, 6.07) is 0. The fourth-order valence-corrected chi connectivity index (χ4v) is 1.71. The number of unbranched alkanes of at least 4 members (excludes halogenated alkanes) is 4. The molecule has 4 nitrogen and oxygen atoms in total. The van der Waals surface area contributed by atoms with E-state index in [0.29, 0.717) is 6.42 Å². The highest BCUT2D eigenvalue weighted by atomic mass is 16.1. The molecule has 1 aromatic heterocycles. The zero-order valence-corrected chi connectivity index (χ0v) is 10.2. The van der Waals surface area contributed by atoms with Gasteiger partial charge in [-0.25, -0.2) is 0 Å². The van der Waals surface area contributed by atoms with Gasteiger partial charge in [0.1, 0.15) is 5.78 Å². The number of nitrogens with one attached hydrogen (secondary N) is 1. The van der Waals surface area contributed by atoms with Crippen molar-refractivity contribution in [2.24, 2.45) is 0 Å². The molecule has 1 rings (SSSR count). The van der Waals surface area contributed by atoms with Gasteiger partial charge in [0.2, 0.25) is 0 Å². The zero-order valence-electron chi connectivity index (χ0n) is 10.2. The van der Waals surface area contributed by atoms with Crippen molar-refractivity contribution in [2.75, 3.05) is 0 Å². The predicted octanol–water partition coefficient (Wildman–Crippen LogP) is 2.84. The molecule has 0 aliphatic rings. The Kier molecular flexibility index (Phi) is 5.75. The third kappa shape index (κ3) is 4.13. The van der Waals surface area contributed by atoms with Gasteiger partial charge in [-0.15, -0.1) is 5.10 Å². The third-order valence-electron chi connectivity index (χ3n) is 2.89. The lowest BCUT2D eigenvalue weighted by Gasteiger charge is -2.06. The van der Waals surface area contributed by atoms with Gasteiger partial charge in [0.25, 0.3) is 0 Å². The van der Waals surface area contributed by atoms with Gasteiger partial charge in [-0.3, -0.25) is 9.89 Å². The highest BCUT2D eigenvalue weighted by Gasteiger charge is 2.16. The van der Waals surface area contributed by atoms with E-state index < -0.39 is 0 Å². The van der Waals surface area contributed by atoms with Gasteiger partial charge in [-0.05, 0) is 13.3 Å². The van der Waals surface area contributed by atoms with Gasteiger partial charge < -0.3 is 0 Å². The molecule has 1 aromatic rings. The van der Waals surface area contributed by atoms with Crippen molar-refractivity contribution in [3.05, 3.63) is 11.9 Å². The number of carbonyl (C=O) groups is 1. The van der Waals surface area contributed by atoms with Crippen LogP contribution in [0.4, 0.5) is 0 Å². The molecule has 0 radical (unpaired) electrons. The molecule has 0 fully saturated rings. The summed E-state index contributed by atoms with van der Waals surface area (Å²) in [5, 5.41) is 10.1. The number of Topliss-reactive ketones (excluding diaryl/α,β-unsaturated/α-hetero) is 1. The van der Waals surface area contributed by atoms with E-state index in [4.69, 9.17) is 0 Å². The molecule has 0 saturated heterocycles. The molecule has 0 saturated carbocycles. The van der Waals surface area contributed by atoms with Crippen molar-refractivity contribution in [3.63, 3.8) is 0 Å². The highest BCUT2D eigenvalue weighted by molar-refractivity contribution is 5.84. The molecule has 1 atom stereocenters. The van der Waals surface area contributed by atoms with Crippen molar-refractivity contribution in [2.45, 2.75) is 58.3 Å². The monoisotopic (exact) mass is 223 g/mol. The maximum Gasteiger partial charge on any atom is 0.141 e. The Balaban J connectivity index is 2.20. The van der Waals surface area contributed by atoms with Crippen LogP contribution < -0.4 is 0 Å². The molecular weight excluding hydrogens is 202 g/mol. The summed E-state index contributed by atoms with van der Waals surface area (Å²) in [5.41, 5.74) is 0.749. The highest BCUT2D eigenvalue weighted by Crippen LogP contribution is 2.16. The van der Waals surface area contributed by atoms with Crippen LogP contribution in [0.15, 0.2) is 6.20 Å². The van der Waals surface area contributed by atoms with Crippen molar-refractivity contribution in [1.29, 1.82) is 0 Å². The average Bonchev–Trinajstić information content (AvgIpc) is 2.81. The molecule has 0 aliphatic heterocycles. The summed E-state index contributed by atoms with van der Waals surface area (Å²) < 4.78 is 0. The quantitative estimate of drug-likeness (QED) is 0.689. The Labute approximate surface area is 96.8 Å². The lowest BCUT2D eigenvalue weighted by Crippen LogP contribution is -2.09. The first kappa shape index (κ1) is 12.9. The number of carbonyl (C=O) groups excluding carboxylic acids is 1. The van der Waals surface area contributed by atoms with Gasteiger partial charge in [-0.1, -0.05) is 37.8 Å². The third-order valence-corrected chi connectivity index (χ3v) is 2.89. The van der Waals surface area contributed by atoms with Gasteiger partial charge in [0, 0.05) is 12.6 Å². The molecule has 1 heterocycles. The Morgan fingerprint density at radius 1 is 1.38 bits per heavy atom. The van der Waals surface area contributed by atoms with Gasteiger partial charge in [0.05, 0.1) is 11.6 Å². The number of ketones is 1. The molecule has 0 spiro atoms. The smallest absolute Gasteiger partial charge is 0.141 e. The molecule has 90 valence electrons. The first-order valence-corrected chi connectivity index (χ1v) is 6.14. The summed E-state index contributed by atoms with van der Waals surface area (Å²) in [6.45, 7) is 4.09. The number of nitrogens with zero attached hydrogens (tertiary/aromatic N) is 2. The molecule has 0 aromatic carbocycles. The van der Waals surface area contributed by atoms with Crippen LogP contribution in [0.5, 0.6) is 0 Å². The van der Waals surface area contributed by atoms with E-state index >= 15 is 0 Å². The van der Waals surface area contributed by atoms with Crippen molar-refractivity contribution in [1.82, 2.24) is 15.4 Å². The minimum absolute atomic E-state index is 0.120. The van der Waals surface area contributed by atoms with Crippen molar-refractivity contribution in [3.8, 4) is 0 Å². The minimum atomic E-state index is -0.120. The van der Waals surface area contributed by atoms with Crippen LogP contribution in [-0.2, 0) is 4.79 Å². The van der Waals surface area contributed by atoms with E-state index in [1.165, 1.54) is 19.3 Å². The lowest BCUT2D eigenvalue weighted by atomic mass is 9.98. The molecule has 1 unspecified atom stereocenters. The SMILES string of the molecule is CCCCCCCC(=O)C(C)c1c[nH]nn1.